The Balaban J connectivity index is 1.45. The van der Waals surface area contributed by atoms with E-state index in [9.17, 15) is 18.4 Å². The molecule has 0 aliphatic heterocycles. The van der Waals surface area contributed by atoms with Gasteiger partial charge in [0.1, 0.15) is 5.54 Å². The number of primary amides is 1. The Hall–Kier alpha value is -1.64. The van der Waals surface area contributed by atoms with Gasteiger partial charge in [-0.15, -0.1) is 0 Å². The lowest BCUT2D eigenvalue weighted by atomic mass is 9.47. The van der Waals surface area contributed by atoms with Gasteiger partial charge in [-0.2, -0.15) is 0 Å². The highest BCUT2D eigenvalue weighted by atomic mass is 35.5. The highest BCUT2D eigenvalue weighted by Gasteiger charge is 2.59. The molecule has 1 aromatic carbocycles. The number of carbonyl (C=O) groups excluding carboxylic acids is 2. The van der Waals surface area contributed by atoms with Gasteiger partial charge in [0.2, 0.25) is 11.8 Å². The number of amides is 2. The van der Waals surface area contributed by atoms with Gasteiger partial charge in [-0.05, 0) is 87.3 Å². The molecule has 0 spiro atoms. The molecule has 5 aliphatic carbocycles. The van der Waals surface area contributed by atoms with E-state index in [1.165, 1.54) is 4.31 Å². The largest absolute Gasteiger partial charge is 0.755 e. The quantitative estimate of drug-likeness (QED) is 0.592. The van der Waals surface area contributed by atoms with Gasteiger partial charge in [-0.3, -0.25) is 18.1 Å². The number of carbonyl (C=O) groups is 2. The van der Waals surface area contributed by atoms with Crippen molar-refractivity contribution in [3.63, 3.8) is 0 Å². The minimum atomic E-state index is -2.64. The first-order valence-electron chi connectivity index (χ1n) is 11.9. The van der Waals surface area contributed by atoms with Gasteiger partial charge in [0.25, 0.3) is 0 Å². The van der Waals surface area contributed by atoms with E-state index in [0.29, 0.717) is 35.0 Å². The summed E-state index contributed by atoms with van der Waals surface area (Å²) in [4.78, 5) is 26.2. The average Bonchev–Trinajstić information content (AvgIpc) is 3.24. The molecular formula is C24H31ClN3O4S-. The molecule has 5 saturated carbocycles. The Kier molecular flexibility index (Phi) is 5.77. The van der Waals surface area contributed by atoms with Crippen molar-refractivity contribution in [2.45, 2.75) is 76.3 Å². The number of halogens is 1. The zero-order valence-corrected chi connectivity index (χ0v) is 20.4. The van der Waals surface area contributed by atoms with Gasteiger partial charge in [0.05, 0.1) is 5.69 Å². The molecule has 180 valence electrons. The molecule has 3 N–H and O–H groups in total. The van der Waals surface area contributed by atoms with Crippen LogP contribution in [-0.4, -0.2) is 32.2 Å². The summed E-state index contributed by atoms with van der Waals surface area (Å²) >= 11 is 3.66. The molecule has 9 heteroatoms. The lowest BCUT2D eigenvalue weighted by Gasteiger charge is -2.59. The fourth-order valence-electron chi connectivity index (χ4n) is 7.60. The molecule has 1 aromatic rings. The van der Waals surface area contributed by atoms with Gasteiger partial charge < -0.3 is 15.6 Å². The fourth-order valence-corrected chi connectivity index (χ4v) is 8.68. The van der Waals surface area contributed by atoms with Gasteiger partial charge in [-0.1, -0.05) is 30.5 Å². The van der Waals surface area contributed by atoms with Crippen LogP contribution < -0.4 is 15.4 Å². The van der Waals surface area contributed by atoms with Crippen molar-refractivity contribution >= 4 is 40.4 Å². The van der Waals surface area contributed by atoms with Crippen molar-refractivity contribution in [2.75, 3.05) is 4.31 Å². The van der Waals surface area contributed by atoms with Crippen LogP contribution in [0.2, 0.25) is 5.02 Å². The second kappa shape index (κ2) is 8.24. The number of hydrogen-bond acceptors (Lipinski definition) is 4. The van der Waals surface area contributed by atoms with E-state index in [4.69, 9.17) is 17.3 Å². The molecule has 0 saturated heterocycles. The van der Waals surface area contributed by atoms with Crippen molar-refractivity contribution in [2.24, 2.45) is 28.9 Å². The maximum atomic E-state index is 13.9. The van der Waals surface area contributed by atoms with Gasteiger partial charge in [0, 0.05) is 27.7 Å². The van der Waals surface area contributed by atoms with E-state index >= 15 is 0 Å². The molecule has 5 aliphatic rings. The molecular weight excluding hydrogens is 462 g/mol. The van der Waals surface area contributed by atoms with Crippen LogP contribution >= 0.6 is 11.6 Å². The van der Waals surface area contributed by atoms with Crippen molar-refractivity contribution in [1.82, 2.24) is 5.32 Å². The second-order valence-electron chi connectivity index (χ2n) is 10.7. The molecule has 33 heavy (non-hydrogen) atoms. The Morgan fingerprint density at radius 3 is 2.39 bits per heavy atom. The number of nitrogens with zero attached hydrogens (tertiary/aromatic N) is 1. The molecule has 0 radical (unpaired) electrons. The molecule has 5 fully saturated rings. The lowest BCUT2D eigenvalue weighted by Crippen LogP contribution is -2.66. The highest BCUT2D eigenvalue weighted by molar-refractivity contribution is 7.80. The molecule has 2 amide bonds. The van der Waals surface area contributed by atoms with E-state index in [0.717, 1.165) is 44.9 Å². The zero-order valence-electron chi connectivity index (χ0n) is 18.8. The SMILES string of the molecule is Cc1c(Cl)cccc1N(S(=O)[O-])C1(C(=O)NC2C3CC4CC2CC(C(N)=O)(C4)C3)CCCC1. The number of hydrogen-bond donors (Lipinski definition) is 2. The summed E-state index contributed by atoms with van der Waals surface area (Å²) in [7, 11) is 0. The van der Waals surface area contributed by atoms with Crippen LogP contribution in [0.25, 0.3) is 0 Å². The minimum Gasteiger partial charge on any atom is -0.755 e. The molecule has 3 unspecified atom stereocenters. The molecule has 6 rings (SSSR count). The third-order valence-corrected chi connectivity index (χ3v) is 10.2. The van der Waals surface area contributed by atoms with E-state index in [2.05, 4.69) is 5.32 Å². The summed E-state index contributed by atoms with van der Waals surface area (Å²) in [6.07, 6.45) is 6.80. The zero-order chi connectivity index (χ0) is 23.5. The summed E-state index contributed by atoms with van der Waals surface area (Å²) in [5.74, 6) is 0.483. The van der Waals surface area contributed by atoms with E-state index in [1.54, 1.807) is 25.1 Å². The number of nitrogens with two attached hydrogens (primary N) is 1. The second-order valence-corrected chi connectivity index (χ2v) is 12.0. The monoisotopic (exact) mass is 492 g/mol. The number of rotatable bonds is 6. The third kappa shape index (κ3) is 3.60. The third-order valence-electron chi connectivity index (χ3n) is 8.94. The average molecular weight is 493 g/mol. The molecule has 7 nitrogen and oxygen atoms in total. The minimum absolute atomic E-state index is 0.0404. The Morgan fingerprint density at radius 2 is 1.82 bits per heavy atom. The van der Waals surface area contributed by atoms with Crippen LogP contribution in [-0.2, 0) is 20.9 Å². The highest BCUT2D eigenvalue weighted by Crippen LogP contribution is 2.60. The lowest BCUT2D eigenvalue weighted by molar-refractivity contribution is -0.148. The van der Waals surface area contributed by atoms with Crippen molar-refractivity contribution in [1.29, 1.82) is 0 Å². The number of benzene rings is 1. The van der Waals surface area contributed by atoms with Gasteiger partial charge >= 0.3 is 0 Å². The summed E-state index contributed by atoms with van der Waals surface area (Å²) in [5, 5.41) is 3.77. The molecule has 4 bridgehead atoms. The van der Waals surface area contributed by atoms with E-state index < -0.39 is 22.2 Å². The van der Waals surface area contributed by atoms with Crippen LogP contribution in [0.3, 0.4) is 0 Å². The molecule has 0 heterocycles. The first-order valence-corrected chi connectivity index (χ1v) is 13.3. The predicted octanol–water partition coefficient (Wildman–Crippen LogP) is 3.36. The first kappa shape index (κ1) is 23.1. The predicted molar refractivity (Wildman–Crippen MR) is 126 cm³/mol. The van der Waals surface area contributed by atoms with Crippen molar-refractivity contribution in [3.8, 4) is 0 Å². The Morgan fingerprint density at radius 1 is 1.18 bits per heavy atom. The van der Waals surface area contributed by atoms with Crippen LogP contribution in [0, 0.1) is 30.1 Å². The van der Waals surface area contributed by atoms with Crippen LogP contribution in [0.15, 0.2) is 18.2 Å². The van der Waals surface area contributed by atoms with Crippen molar-refractivity contribution in [3.05, 3.63) is 28.8 Å². The smallest absolute Gasteiger partial charge is 0.247 e. The number of nitrogens with one attached hydrogen (secondary N) is 1. The van der Waals surface area contributed by atoms with E-state index in [-0.39, 0.29) is 29.7 Å². The normalized spacial score (nSPS) is 34.8. The van der Waals surface area contributed by atoms with Gasteiger partial charge in [-0.25, -0.2) is 0 Å². The summed E-state index contributed by atoms with van der Waals surface area (Å²) in [6.45, 7) is 1.78. The standard InChI is InChI=1S/C24H32ClN3O4S/c1-14-18(25)5-4-6-19(14)28(33(31)32)24(7-2-3-8-24)22(30)27-20-16-9-15-10-17(20)13-23(11-15,12-16)21(26)29/h4-6,15-17,20H,2-3,7-13H2,1H3,(H2,26,29)(H,27,30)(H,31,32)/p-1. The Bertz CT molecular complexity index is 995. The maximum absolute atomic E-state index is 13.9. The van der Waals surface area contributed by atoms with E-state index in [1.807, 2.05) is 0 Å². The maximum Gasteiger partial charge on any atom is 0.247 e. The van der Waals surface area contributed by atoms with Crippen LogP contribution in [0.4, 0.5) is 5.69 Å². The summed E-state index contributed by atoms with van der Waals surface area (Å²) in [5.41, 5.74) is 5.30. The Labute approximate surface area is 202 Å². The number of anilines is 1. The van der Waals surface area contributed by atoms with Crippen molar-refractivity contribution < 1.29 is 18.4 Å². The fraction of sp³-hybridized carbons (Fsp3) is 0.667. The van der Waals surface area contributed by atoms with Crippen LogP contribution in [0.1, 0.15) is 63.4 Å². The van der Waals surface area contributed by atoms with Crippen LogP contribution in [0.5, 0.6) is 0 Å². The topological polar surface area (TPSA) is 116 Å². The summed E-state index contributed by atoms with van der Waals surface area (Å²) < 4.78 is 26.4. The summed E-state index contributed by atoms with van der Waals surface area (Å²) in [6, 6.07) is 5.11. The van der Waals surface area contributed by atoms with Gasteiger partial charge in [0.15, 0.2) is 0 Å². The molecule has 0 aromatic heterocycles. The molecule has 3 atom stereocenters. The first-order chi connectivity index (χ1) is 15.7.